The molecule has 0 saturated heterocycles. The normalized spacial score (nSPS) is 16.3. The van der Waals surface area contributed by atoms with Crippen LogP contribution in [0.15, 0.2) is 48.5 Å². The van der Waals surface area contributed by atoms with E-state index in [1.54, 1.807) is 0 Å². The number of amides is 1. The van der Waals surface area contributed by atoms with E-state index in [1.807, 2.05) is 23.5 Å². The Kier molecular flexibility index (Phi) is 6.07. The number of thiophene rings is 1. The summed E-state index contributed by atoms with van der Waals surface area (Å²) >= 11 is 1.91. The molecular formula is C26H30N2OS. The summed E-state index contributed by atoms with van der Waals surface area (Å²) in [5, 5.41) is 3.10. The van der Waals surface area contributed by atoms with Crippen molar-refractivity contribution < 1.29 is 4.79 Å². The maximum absolute atomic E-state index is 12.9. The molecule has 4 rings (SSSR count). The zero-order valence-corrected chi connectivity index (χ0v) is 19.1. The maximum atomic E-state index is 12.9. The van der Waals surface area contributed by atoms with E-state index in [2.05, 4.69) is 74.3 Å². The molecule has 1 amide bonds. The molecule has 156 valence electrons. The minimum atomic E-state index is 0.0478. The Labute approximate surface area is 183 Å². The Morgan fingerprint density at radius 2 is 1.87 bits per heavy atom. The van der Waals surface area contributed by atoms with Crippen molar-refractivity contribution >= 4 is 22.9 Å². The Bertz CT molecular complexity index is 1050. The summed E-state index contributed by atoms with van der Waals surface area (Å²) in [6.07, 6.45) is 2.09. The van der Waals surface area contributed by atoms with Crippen molar-refractivity contribution in [1.29, 1.82) is 0 Å². The molecule has 1 aliphatic heterocycles. The number of carbonyl (C=O) groups excluding carboxylic acids is 1. The summed E-state index contributed by atoms with van der Waals surface area (Å²) < 4.78 is 0. The first-order valence-electron chi connectivity index (χ1n) is 10.7. The van der Waals surface area contributed by atoms with Gasteiger partial charge in [-0.3, -0.25) is 9.69 Å². The number of hydrogen-bond donors (Lipinski definition) is 1. The molecule has 3 nitrogen and oxygen atoms in total. The number of aryl methyl sites for hydroxylation is 3. The molecule has 30 heavy (non-hydrogen) atoms. The van der Waals surface area contributed by atoms with Crippen LogP contribution in [0.2, 0.25) is 0 Å². The topological polar surface area (TPSA) is 32.3 Å². The monoisotopic (exact) mass is 418 g/mol. The van der Waals surface area contributed by atoms with E-state index >= 15 is 0 Å². The van der Waals surface area contributed by atoms with E-state index in [0.29, 0.717) is 6.54 Å². The third kappa shape index (κ3) is 4.07. The van der Waals surface area contributed by atoms with Gasteiger partial charge in [-0.05, 0) is 73.6 Å². The first-order chi connectivity index (χ1) is 14.5. The average molecular weight is 419 g/mol. The predicted molar refractivity (Wildman–Crippen MR) is 127 cm³/mol. The summed E-state index contributed by atoms with van der Waals surface area (Å²) in [7, 11) is 0. The maximum Gasteiger partial charge on any atom is 0.238 e. The zero-order chi connectivity index (χ0) is 21.3. The van der Waals surface area contributed by atoms with Gasteiger partial charge >= 0.3 is 0 Å². The van der Waals surface area contributed by atoms with Crippen LogP contribution < -0.4 is 5.32 Å². The highest BCUT2D eigenvalue weighted by Crippen LogP contribution is 2.42. The smallest absolute Gasteiger partial charge is 0.238 e. The van der Waals surface area contributed by atoms with Crippen LogP contribution in [0.4, 0.5) is 5.69 Å². The van der Waals surface area contributed by atoms with Crippen molar-refractivity contribution in [2.75, 3.05) is 18.4 Å². The van der Waals surface area contributed by atoms with Gasteiger partial charge in [0.25, 0.3) is 0 Å². The van der Waals surface area contributed by atoms with Crippen molar-refractivity contribution in [2.24, 2.45) is 0 Å². The lowest BCUT2D eigenvalue weighted by atomic mass is 9.91. The highest BCUT2D eigenvalue weighted by Gasteiger charge is 2.33. The molecule has 2 heterocycles. The molecule has 1 aliphatic rings. The van der Waals surface area contributed by atoms with Gasteiger partial charge < -0.3 is 5.32 Å². The van der Waals surface area contributed by atoms with Crippen molar-refractivity contribution in [3.8, 4) is 0 Å². The molecule has 2 aromatic carbocycles. The van der Waals surface area contributed by atoms with Gasteiger partial charge in [0, 0.05) is 22.0 Å². The van der Waals surface area contributed by atoms with Crippen LogP contribution in [-0.4, -0.2) is 23.9 Å². The first kappa shape index (κ1) is 20.8. The highest BCUT2D eigenvalue weighted by atomic mass is 32.1. The van der Waals surface area contributed by atoms with Gasteiger partial charge in [-0.25, -0.2) is 0 Å². The molecular weight excluding hydrogens is 388 g/mol. The minimum Gasteiger partial charge on any atom is -0.325 e. The Balaban J connectivity index is 1.61. The predicted octanol–water partition coefficient (Wildman–Crippen LogP) is 5.82. The summed E-state index contributed by atoms with van der Waals surface area (Å²) in [6.45, 7) is 9.94. The molecule has 1 N–H and O–H groups in total. The fourth-order valence-corrected chi connectivity index (χ4v) is 5.99. The van der Waals surface area contributed by atoms with Gasteiger partial charge in [-0.1, -0.05) is 43.3 Å². The van der Waals surface area contributed by atoms with Crippen molar-refractivity contribution in [3.63, 3.8) is 0 Å². The molecule has 0 aliphatic carbocycles. The largest absolute Gasteiger partial charge is 0.325 e. The van der Waals surface area contributed by atoms with E-state index in [0.717, 1.165) is 25.1 Å². The van der Waals surface area contributed by atoms with E-state index in [4.69, 9.17) is 0 Å². The Morgan fingerprint density at radius 3 is 2.57 bits per heavy atom. The molecule has 0 radical (unpaired) electrons. The van der Waals surface area contributed by atoms with E-state index in [-0.39, 0.29) is 11.9 Å². The summed E-state index contributed by atoms with van der Waals surface area (Å²) in [6, 6.07) is 16.9. The van der Waals surface area contributed by atoms with Crippen LogP contribution in [0.25, 0.3) is 0 Å². The van der Waals surface area contributed by atoms with E-state index in [9.17, 15) is 4.79 Å². The van der Waals surface area contributed by atoms with Crippen molar-refractivity contribution in [2.45, 2.75) is 46.6 Å². The third-order valence-electron chi connectivity index (χ3n) is 6.22. The number of carbonyl (C=O) groups is 1. The lowest BCUT2D eigenvalue weighted by Gasteiger charge is -2.36. The molecule has 0 unspecified atom stereocenters. The third-order valence-corrected chi connectivity index (χ3v) is 7.46. The summed E-state index contributed by atoms with van der Waals surface area (Å²) in [5.74, 6) is 0.0478. The molecule has 0 fully saturated rings. The van der Waals surface area contributed by atoms with Gasteiger partial charge in [0.2, 0.25) is 5.91 Å². The molecule has 0 saturated carbocycles. The van der Waals surface area contributed by atoms with Gasteiger partial charge in [-0.2, -0.15) is 0 Å². The van der Waals surface area contributed by atoms with Gasteiger partial charge in [0.1, 0.15) is 0 Å². The van der Waals surface area contributed by atoms with Crippen LogP contribution in [0.1, 0.15) is 50.5 Å². The van der Waals surface area contributed by atoms with Crippen LogP contribution >= 0.6 is 11.3 Å². The average Bonchev–Trinajstić information content (AvgIpc) is 3.06. The minimum absolute atomic E-state index is 0.0478. The van der Waals surface area contributed by atoms with Crippen LogP contribution in [0, 0.1) is 20.8 Å². The molecule has 0 bridgehead atoms. The fourth-order valence-electron chi connectivity index (χ4n) is 4.53. The standard InChI is InChI=1S/C26H30N2OS/c1-5-22-19(4)30-26-23(22)13-14-28(25(26)20-9-7-6-8-10-20)16-24(29)27-21-12-11-17(2)18(3)15-21/h6-12,15,25H,5,13-14,16H2,1-4H3,(H,27,29)/t25-/m0/s1. The lowest BCUT2D eigenvalue weighted by molar-refractivity contribution is -0.117. The van der Waals surface area contributed by atoms with Gasteiger partial charge in [-0.15, -0.1) is 11.3 Å². The van der Waals surface area contributed by atoms with Crippen LogP contribution in [0.3, 0.4) is 0 Å². The molecule has 1 atom stereocenters. The summed E-state index contributed by atoms with van der Waals surface area (Å²) in [5.41, 5.74) is 7.59. The van der Waals surface area contributed by atoms with Crippen molar-refractivity contribution in [3.05, 3.63) is 86.1 Å². The van der Waals surface area contributed by atoms with E-state index < -0.39 is 0 Å². The number of hydrogen-bond acceptors (Lipinski definition) is 3. The highest BCUT2D eigenvalue weighted by molar-refractivity contribution is 7.12. The number of fused-ring (bicyclic) bond motifs is 1. The number of anilines is 1. The van der Waals surface area contributed by atoms with Crippen LogP contribution in [0.5, 0.6) is 0 Å². The molecule has 1 aromatic heterocycles. The Hall–Kier alpha value is -2.43. The Morgan fingerprint density at radius 1 is 1.10 bits per heavy atom. The van der Waals surface area contributed by atoms with Crippen molar-refractivity contribution in [1.82, 2.24) is 4.90 Å². The summed E-state index contributed by atoms with van der Waals surface area (Å²) in [4.78, 5) is 18.1. The second kappa shape index (κ2) is 8.75. The second-order valence-corrected chi connectivity index (χ2v) is 9.47. The zero-order valence-electron chi connectivity index (χ0n) is 18.3. The molecule has 3 aromatic rings. The van der Waals surface area contributed by atoms with Crippen LogP contribution in [-0.2, 0) is 17.6 Å². The first-order valence-corrected chi connectivity index (χ1v) is 11.6. The second-order valence-electron chi connectivity index (χ2n) is 8.21. The number of nitrogens with zero attached hydrogens (tertiary/aromatic N) is 1. The number of benzene rings is 2. The number of rotatable bonds is 5. The molecule has 4 heteroatoms. The van der Waals surface area contributed by atoms with Gasteiger partial charge in [0.05, 0.1) is 12.6 Å². The lowest BCUT2D eigenvalue weighted by Crippen LogP contribution is -2.40. The van der Waals surface area contributed by atoms with Gasteiger partial charge in [0.15, 0.2) is 0 Å². The number of nitrogens with one attached hydrogen (secondary N) is 1. The molecule has 0 spiro atoms. The fraction of sp³-hybridized carbons (Fsp3) is 0.346. The quantitative estimate of drug-likeness (QED) is 0.566. The van der Waals surface area contributed by atoms with E-state index in [1.165, 1.54) is 37.6 Å². The SMILES string of the molecule is CCc1c(C)sc2c1CCN(CC(=O)Nc1ccc(C)c(C)c1)[C@H]2c1ccccc1.